The van der Waals surface area contributed by atoms with Crippen molar-refractivity contribution < 1.29 is 13.5 Å². The Morgan fingerprint density at radius 3 is 3.00 bits per heavy atom. The number of nitrogens with zero attached hydrogens (tertiary/aromatic N) is 1. The van der Waals surface area contributed by atoms with Gasteiger partial charge >= 0.3 is 0 Å². The van der Waals surface area contributed by atoms with Crippen LogP contribution < -0.4 is 10.6 Å². The van der Waals surface area contributed by atoms with Crippen molar-refractivity contribution in [1.82, 2.24) is 10.6 Å². The third-order valence-electron chi connectivity index (χ3n) is 3.32. The van der Waals surface area contributed by atoms with Crippen molar-refractivity contribution >= 4 is 5.96 Å². The highest BCUT2D eigenvalue weighted by Crippen LogP contribution is 2.11. The van der Waals surface area contributed by atoms with Crippen LogP contribution in [0.1, 0.15) is 25.0 Å². The summed E-state index contributed by atoms with van der Waals surface area (Å²) in [5.74, 6) is 1.65. The molecule has 0 radical (unpaired) electrons. The Bertz CT molecular complexity index is 403. The van der Waals surface area contributed by atoms with Crippen LogP contribution >= 0.6 is 0 Å². The summed E-state index contributed by atoms with van der Waals surface area (Å²) in [7, 11) is 0. The summed E-state index contributed by atoms with van der Waals surface area (Å²) < 4.78 is 23.0. The molecule has 1 fully saturated rings. The Balaban J connectivity index is 1.74. The first-order valence-corrected chi connectivity index (χ1v) is 7.60. The molecule has 1 unspecified atom stereocenters. The maximum atomic E-state index is 12.2. The predicted molar refractivity (Wildman–Crippen MR) is 80.3 cm³/mol. The largest absolute Gasteiger partial charge is 0.469 e. The first-order chi connectivity index (χ1) is 10.4. The zero-order chi connectivity index (χ0) is 14.8. The van der Waals surface area contributed by atoms with Crippen LogP contribution in [0, 0.1) is 0 Å². The minimum absolute atomic E-state index is 0.217. The van der Waals surface area contributed by atoms with Crippen LogP contribution in [0.5, 0.6) is 0 Å². The molecule has 5 nitrogen and oxygen atoms in total. The SMILES string of the molecule is FCCCNC(=NCC1CCCO1)NCCc1ccco1. The van der Waals surface area contributed by atoms with Crippen molar-refractivity contribution in [3.8, 4) is 0 Å². The van der Waals surface area contributed by atoms with Gasteiger partial charge in [0.15, 0.2) is 5.96 Å². The molecular weight excluding hydrogens is 273 g/mol. The molecule has 2 rings (SSSR count). The first kappa shape index (κ1) is 15.8. The van der Waals surface area contributed by atoms with Gasteiger partial charge in [-0.3, -0.25) is 9.38 Å². The minimum atomic E-state index is -0.321. The van der Waals surface area contributed by atoms with Crippen LogP contribution in [0.15, 0.2) is 27.8 Å². The summed E-state index contributed by atoms with van der Waals surface area (Å²) in [6, 6.07) is 3.82. The topological polar surface area (TPSA) is 58.8 Å². The lowest BCUT2D eigenvalue weighted by Gasteiger charge is -2.13. The average molecular weight is 297 g/mol. The Morgan fingerprint density at radius 1 is 1.38 bits per heavy atom. The van der Waals surface area contributed by atoms with Gasteiger partial charge < -0.3 is 19.8 Å². The van der Waals surface area contributed by atoms with E-state index in [0.717, 1.165) is 38.2 Å². The fourth-order valence-corrected chi connectivity index (χ4v) is 2.19. The molecule has 0 saturated carbocycles. The van der Waals surface area contributed by atoms with Gasteiger partial charge in [0.2, 0.25) is 0 Å². The molecule has 1 atom stereocenters. The third-order valence-corrected chi connectivity index (χ3v) is 3.32. The number of nitrogens with one attached hydrogen (secondary N) is 2. The predicted octanol–water partition coefficient (Wildman–Crippen LogP) is 1.90. The van der Waals surface area contributed by atoms with Crippen molar-refractivity contribution in [3.63, 3.8) is 0 Å². The van der Waals surface area contributed by atoms with E-state index in [-0.39, 0.29) is 12.8 Å². The van der Waals surface area contributed by atoms with Crippen LogP contribution in [0.25, 0.3) is 0 Å². The molecule has 0 bridgehead atoms. The minimum Gasteiger partial charge on any atom is -0.469 e. The number of aliphatic imine (C=N–C) groups is 1. The Labute approximate surface area is 125 Å². The number of halogens is 1. The van der Waals surface area contributed by atoms with E-state index in [2.05, 4.69) is 15.6 Å². The van der Waals surface area contributed by atoms with E-state index in [0.29, 0.717) is 25.5 Å². The Hall–Kier alpha value is -1.56. The molecule has 118 valence electrons. The number of rotatable bonds is 8. The Morgan fingerprint density at radius 2 is 2.29 bits per heavy atom. The second kappa shape index (κ2) is 9.39. The molecule has 0 spiro atoms. The van der Waals surface area contributed by atoms with E-state index in [1.54, 1.807) is 6.26 Å². The lowest BCUT2D eigenvalue weighted by atomic mass is 10.2. The van der Waals surface area contributed by atoms with E-state index >= 15 is 0 Å². The fourth-order valence-electron chi connectivity index (χ4n) is 2.19. The number of guanidine groups is 1. The van der Waals surface area contributed by atoms with Crippen molar-refractivity contribution in [3.05, 3.63) is 24.2 Å². The molecule has 1 aromatic rings. The Kier molecular flexibility index (Phi) is 7.07. The van der Waals surface area contributed by atoms with Crippen molar-refractivity contribution in [1.29, 1.82) is 0 Å². The van der Waals surface area contributed by atoms with Crippen molar-refractivity contribution in [2.24, 2.45) is 4.99 Å². The van der Waals surface area contributed by atoms with Gasteiger partial charge in [-0.2, -0.15) is 0 Å². The number of hydrogen-bond donors (Lipinski definition) is 2. The van der Waals surface area contributed by atoms with Crippen LogP contribution in [0.2, 0.25) is 0 Å². The van der Waals surface area contributed by atoms with Gasteiger partial charge in [0.05, 0.1) is 25.6 Å². The maximum absolute atomic E-state index is 12.2. The monoisotopic (exact) mass is 297 g/mol. The maximum Gasteiger partial charge on any atom is 0.191 e. The molecule has 0 aromatic carbocycles. The van der Waals surface area contributed by atoms with Gasteiger partial charge in [-0.05, 0) is 31.4 Å². The molecular formula is C15H24FN3O2. The summed E-state index contributed by atoms with van der Waals surface area (Å²) in [5.41, 5.74) is 0. The van der Waals surface area contributed by atoms with Crippen LogP contribution in [-0.2, 0) is 11.2 Å². The summed E-state index contributed by atoms with van der Waals surface area (Å²) >= 11 is 0. The number of furan rings is 1. The van der Waals surface area contributed by atoms with Crippen molar-refractivity contribution in [2.75, 3.05) is 32.9 Å². The van der Waals surface area contributed by atoms with Crippen LogP contribution in [0.3, 0.4) is 0 Å². The normalized spacial score (nSPS) is 18.9. The van der Waals surface area contributed by atoms with Gasteiger partial charge in [-0.15, -0.1) is 0 Å². The van der Waals surface area contributed by atoms with Crippen LogP contribution in [-0.4, -0.2) is 45.0 Å². The van der Waals surface area contributed by atoms with E-state index in [9.17, 15) is 4.39 Å². The van der Waals surface area contributed by atoms with E-state index < -0.39 is 0 Å². The van der Waals surface area contributed by atoms with Gasteiger partial charge in [0.1, 0.15) is 5.76 Å². The highest BCUT2D eigenvalue weighted by molar-refractivity contribution is 5.79. The quantitative estimate of drug-likeness (QED) is 0.437. The molecule has 2 heterocycles. The molecule has 0 amide bonds. The third kappa shape index (κ3) is 6.16. The smallest absolute Gasteiger partial charge is 0.191 e. The molecule has 1 saturated heterocycles. The molecule has 1 aromatic heterocycles. The molecule has 0 aliphatic carbocycles. The molecule has 2 N–H and O–H groups in total. The van der Waals surface area contributed by atoms with E-state index in [1.807, 2.05) is 12.1 Å². The number of hydrogen-bond acceptors (Lipinski definition) is 3. The van der Waals surface area contributed by atoms with Gasteiger partial charge in [0, 0.05) is 26.1 Å². The standard InChI is InChI=1S/C15H24FN3O2/c16-7-3-8-17-15(19-12-14-5-2-11-21-14)18-9-6-13-4-1-10-20-13/h1,4,10,14H,2-3,5-9,11-12H2,(H2,17,18,19). The number of ether oxygens (including phenoxy) is 1. The average Bonchev–Trinajstić information content (AvgIpc) is 3.18. The highest BCUT2D eigenvalue weighted by Gasteiger charge is 2.14. The summed E-state index contributed by atoms with van der Waals surface area (Å²) in [6.07, 6.45) is 5.33. The highest BCUT2D eigenvalue weighted by atomic mass is 19.1. The van der Waals surface area contributed by atoms with E-state index in [1.165, 1.54) is 0 Å². The molecule has 6 heteroatoms. The number of alkyl halides is 1. The lowest BCUT2D eigenvalue weighted by molar-refractivity contribution is 0.117. The van der Waals surface area contributed by atoms with Crippen LogP contribution in [0.4, 0.5) is 4.39 Å². The molecule has 21 heavy (non-hydrogen) atoms. The summed E-state index contributed by atoms with van der Waals surface area (Å²) in [6.45, 7) is 2.45. The van der Waals surface area contributed by atoms with E-state index in [4.69, 9.17) is 9.15 Å². The second-order valence-electron chi connectivity index (χ2n) is 5.05. The molecule has 1 aliphatic heterocycles. The van der Waals surface area contributed by atoms with Gasteiger partial charge in [-0.25, -0.2) is 0 Å². The second-order valence-corrected chi connectivity index (χ2v) is 5.05. The van der Waals surface area contributed by atoms with Gasteiger partial charge in [0.25, 0.3) is 0 Å². The summed E-state index contributed by atoms with van der Waals surface area (Å²) in [4.78, 5) is 4.51. The zero-order valence-electron chi connectivity index (χ0n) is 12.3. The fraction of sp³-hybridized carbons (Fsp3) is 0.667. The lowest BCUT2D eigenvalue weighted by Crippen LogP contribution is -2.39. The van der Waals surface area contributed by atoms with Gasteiger partial charge in [-0.1, -0.05) is 0 Å². The molecule has 1 aliphatic rings. The zero-order valence-corrected chi connectivity index (χ0v) is 12.3. The summed E-state index contributed by atoms with van der Waals surface area (Å²) in [5, 5.41) is 6.38. The van der Waals surface area contributed by atoms with Crippen molar-refractivity contribution in [2.45, 2.75) is 31.8 Å². The first-order valence-electron chi connectivity index (χ1n) is 7.60.